The highest BCUT2D eigenvalue weighted by atomic mass is 32.2. The molecule has 1 saturated heterocycles. The van der Waals surface area contributed by atoms with Crippen molar-refractivity contribution in [3.63, 3.8) is 0 Å². The van der Waals surface area contributed by atoms with Crippen LogP contribution in [0.5, 0.6) is 0 Å². The minimum absolute atomic E-state index is 0.00781. The van der Waals surface area contributed by atoms with Gasteiger partial charge >= 0.3 is 0 Å². The predicted molar refractivity (Wildman–Crippen MR) is 91.9 cm³/mol. The lowest BCUT2D eigenvalue weighted by molar-refractivity contribution is -0.121. The maximum Gasteiger partial charge on any atom is 0.240 e. The number of nitrogens with one attached hydrogen (secondary N) is 2. The van der Waals surface area contributed by atoms with Gasteiger partial charge in [-0.1, -0.05) is 0 Å². The third-order valence-electron chi connectivity index (χ3n) is 4.15. The van der Waals surface area contributed by atoms with Crippen molar-refractivity contribution in [2.45, 2.75) is 50.2 Å². The fourth-order valence-corrected chi connectivity index (χ4v) is 4.08. The summed E-state index contributed by atoms with van der Waals surface area (Å²) in [6, 6.07) is 4.53. The number of amides is 1. The average molecular weight is 372 g/mol. The molecule has 2 N–H and O–H groups in total. The molecule has 8 heteroatoms. The summed E-state index contributed by atoms with van der Waals surface area (Å²) in [6.07, 6.45) is 2.24. The lowest BCUT2D eigenvalue weighted by atomic mass is 9.92. The lowest BCUT2D eigenvalue weighted by Gasteiger charge is -2.32. The van der Waals surface area contributed by atoms with E-state index in [1.165, 1.54) is 12.1 Å². The second-order valence-electron chi connectivity index (χ2n) is 6.50. The molecule has 2 atom stereocenters. The molecule has 0 bridgehead atoms. The molecular formula is C17H25FN2O4S. The fraction of sp³-hybridized carbons (Fsp3) is 0.588. The molecule has 0 aliphatic carbocycles. The van der Waals surface area contributed by atoms with Crippen LogP contribution >= 0.6 is 0 Å². The second-order valence-corrected chi connectivity index (χ2v) is 8.27. The van der Waals surface area contributed by atoms with Gasteiger partial charge in [-0.05, 0) is 56.9 Å². The van der Waals surface area contributed by atoms with Gasteiger partial charge in [-0.15, -0.1) is 0 Å². The molecule has 2 unspecified atom stereocenters. The SMILES string of the molecule is CC1CC(CNC(=O)CCNS(=O)(=O)c2ccc(F)cc2)CC(C)O1. The Hall–Kier alpha value is -1.51. The molecule has 1 aromatic rings. The molecule has 1 aliphatic rings. The van der Waals surface area contributed by atoms with Gasteiger partial charge in [0.05, 0.1) is 17.1 Å². The van der Waals surface area contributed by atoms with E-state index < -0.39 is 15.8 Å². The van der Waals surface area contributed by atoms with Crippen LogP contribution < -0.4 is 10.0 Å². The number of benzene rings is 1. The van der Waals surface area contributed by atoms with Crippen LogP contribution in [0.15, 0.2) is 29.2 Å². The Bertz CT molecular complexity index is 668. The van der Waals surface area contributed by atoms with Gasteiger partial charge in [-0.2, -0.15) is 0 Å². The smallest absolute Gasteiger partial charge is 0.240 e. The summed E-state index contributed by atoms with van der Waals surface area (Å²) < 4.78 is 44.9. The van der Waals surface area contributed by atoms with E-state index in [-0.39, 0.29) is 36.0 Å². The normalized spacial score (nSPS) is 24.0. The number of hydrogen-bond donors (Lipinski definition) is 2. The van der Waals surface area contributed by atoms with Crippen molar-refractivity contribution in [1.29, 1.82) is 0 Å². The van der Waals surface area contributed by atoms with E-state index in [0.29, 0.717) is 12.5 Å². The van der Waals surface area contributed by atoms with Gasteiger partial charge in [0.2, 0.25) is 15.9 Å². The first-order chi connectivity index (χ1) is 11.8. The molecule has 0 saturated carbocycles. The molecule has 6 nitrogen and oxygen atoms in total. The zero-order valence-electron chi connectivity index (χ0n) is 14.5. The second kappa shape index (κ2) is 8.73. The topological polar surface area (TPSA) is 84.5 Å². The van der Waals surface area contributed by atoms with Crippen molar-refractivity contribution in [1.82, 2.24) is 10.0 Å². The number of rotatable bonds is 7. The van der Waals surface area contributed by atoms with Crippen LogP contribution in [0.4, 0.5) is 4.39 Å². The molecule has 25 heavy (non-hydrogen) atoms. The molecule has 1 aromatic carbocycles. The highest BCUT2D eigenvalue weighted by Gasteiger charge is 2.24. The molecule has 1 amide bonds. The summed E-state index contributed by atoms with van der Waals surface area (Å²) >= 11 is 0. The van der Waals surface area contributed by atoms with E-state index in [9.17, 15) is 17.6 Å². The third-order valence-corrected chi connectivity index (χ3v) is 5.63. The van der Waals surface area contributed by atoms with E-state index in [2.05, 4.69) is 10.0 Å². The molecular weight excluding hydrogens is 347 g/mol. The standard InChI is InChI=1S/C17H25FN2O4S/c1-12-9-14(10-13(2)24-12)11-19-17(21)7-8-20-25(22,23)16-5-3-15(18)4-6-16/h3-6,12-14,20H,7-11H2,1-2H3,(H,19,21). The first kappa shape index (κ1) is 19.8. The summed E-state index contributed by atoms with van der Waals surface area (Å²) in [4.78, 5) is 11.9. The highest BCUT2D eigenvalue weighted by molar-refractivity contribution is 7.89. The maximum absolute atomic E-state index is 12.8. The maximum atomic E-state index is 12.8. The molecule has 2 rings (SSSR count). The molecule has 0 spiro atoms. The van der Waals surface area contributed by atoms with Crippen LogP contribution in [0.2, 0.25) is 0 Å². The lowest BCUT2D eigenvalue weighted by Crippen LogP contribution is -2.38. The summed E-state index contributed by atoms with van der Waals surface area (Å²) in [7, 11) is -3.74. The number of sulfonamides is 1. The van der Waals surface area contributed by atoms with E-state index >= 15 is 0 Å². The zero-order chi connectivity index (χ0) is 18.4. The van der Waals surface area contributed by atoms with Crippen molar-refractivity contribution in [2.75, 3.05) is 13.1 Å². The van der Waals surface area contributed by atoms with Crippen LogP contribution in [0.1, 0.15) is 33.1 Å². The third kappa shape index (κ3) is 6.37. The largest absolute Gasteiger partial charge is 0.376 e. The Kier molecular flexibility index (Phi) is 6.92. The van der Waals surface area contributed by atoms with Gasteiger partial charge < -0.3 is 10.1 Å². The van der Waals surface area contributed by atoms with Crippen LogP contribution in [-0.2, 0) is 19.6 Å². The molecule has 1 aliphatic heterocycles. The Balaban J connectivity index is 1.72. The number of ether oxygens (including phenoxy) is 1. The summed E-state index contributed by atoms with van der Waals surface area (Å²) in [5.41, 5.74) is 0. The number of hydrogen-bond acceptors (Lipinski definition) is 4. The Morgan fingerprint density at radius 3 is 2.40 bits per heavy atom. The van der Waals surface area contributed by atoms with Crippen molar-refractivity contribution in [3.8, 4) is 0 Å². The summed E-state index contributed by atoms with van der Waals surface area (Å²) in [5.74, 6) is -0.331. The Labute approximate surface area is 148 Å². The number of halogens is 1. The minimum atomic E-state index is -3.74. The quantitative estimate of drug-likeness (QED) is 0.765. The Morgan fingerprint density at radius 1 is 1.20 bits per heavy atom. The van der Waals surface area contributed by atoms with Gasteiger partial charge in [0.25, 0.3) is 0 Å². The van der Waals surface area contributed by atoms with Crippen LogP contribution in [0.3, 0.4) is 0 Å². The first-order valence-electron chi connectivity index (χ1n) is 8.43. The van der Waals surface area contributed by atoms with Crippen molar-refractivity contribution >= 4 is 15.9 Å². The molecule has 0 radical (unpaired) electrons. The van der Waals surface area contributed by atoms with Crippen LogP contribution in [0, 0.1) is 11.7 Å². The van der Waals surface area contributed by atoms with Gasteiger partial charge in [0.1, 0.15) is 5.82 Å². The molecule has 1 fully saturated rings. The Morgan fingerprint density at radius 2 is 1.80 bits per heavy atom. The molecule has 0 aromatic heterocycles. The van der Waals surface area contributed by atoms with Gasteiger partial charge in [0.15, 0.2) is 0 Å². The van der Waals surface area contributed by atoms with Crippen LogP contribution in [-0.4, -0.2) is 39.6 Å². The van der Waals surface area contributed by atoms with Gasteiger partial charge in [-0.25, -0.2) is 17.5 Å². The average Bonchev–Trinajstić information content (AvgIpc) is 2.52. The number of carbonyl (C=O) groups is 1. The first-order valence-corrected chi connectivity index (χ1v) is 9.92. The minimum Gasteiger partial charge on any atom is -0.376 e. The van der Waals surface area contributed by atoms with Crippen LogP contribution in [0.25, 0.3) is 0 Å². The summed E-state index contributed by atoms with van der Waals surface area (Å²) in [6.45, 7) is 4.61. The van der Waals surface area contributed by atoms with Crippen molar-refractivity contribution < 1.29 is 22.3 Å². The monoisotopic (exact) mass is 372 g/mol. The molecule has 1 heterocycles. The molecule has 140 valence electrons. The van der Waals surface area contributed by atoms with E-state index in [1.807, 2.05) is 13.8 Å². The van der Waals surface area contributed by atoms with Crippen molar-refractivity contribution in [3.05, 3.63) is 30.1 Å². The van der Waals surface area contributed by atoms with Gasteiger partial charge in [-0.3, -0.25) is 4.79 Å². The van der Waals surface area contributed by atoms with Crippen molar-refractivity contribution in [2.24, 2.45) is 5.92 Å². The van der Waals surface area contributed by atoms with E-state index in [4.69, 9.17) is 4.74 Å². The predicted octanol–water partition coefficient (Wildman–Crippen LogP) is 1.81. The fourth-order valence-electron chi connectivity index (χ4n) is 3.05. The zero-order valence-corrected chi connectivity index (χ0v) is 15.3. The van der Waals surface area contributed by atoms with Gasteiger partial charge in [0, 0.05) is 19.5 Å². The highest BCUT2D eigenvalue weighted by Crippen LogP contribution is 2.23. The summed E-state index contributed by atoms with van der Waals surface area (Å²) in [5, 5.41) is 2.85. The van der Waals surface area contributed by atoms with E-state index in [0.717, 1.165) is 25.0 Å². The van der Waals surface area contributed by atoms with E-state index in [1.54, 1.807) is 0 Å². The number of carbonyl (C=O) groups excluding carboxylic acids is 1.